The van der Waals surface area contributed by atoms with Gasteiger partial charge in [0.2, 0.25) is 0 Å². The molecular formula is C14H17BrF2N2. The van der Waals surface area contributed by atoms with Gasteiger partial charge in [-0.3, -0.25) is 4.90 Å². The minimum atomic E-state index is -0.470. The summed E-state index contributed by atoms with van der Waals surface area (Å²) in [7, 11) is 0. The third kappa shape index (κ3) is 2.69. The number of piperidine rings is 1. The van der Waals surface area contributed by atoms with E-state index in [1.807, 2.05) is 0 Å². The minimum absolute atomic E-state index is 0.174. The van der Waals surface area contributed by atoms with E-state index in [2.05, 4.69) is 26.1 Å². The van der Waals surface area contributed by atoms with Crippen molar-refractivity contribution in [1.82, 2.24) is 10.2 Å². The molecule has 3 rings (SSSR count). The fourth-order valence-corrected chi connectivity index (χ4v) is 3.57. The molecule has 0 unspecified atom stereocenters. The second-order valence-corrected chi connectivity index (χ2v) is 6.33. The average Bonchev–Trinajstić information content (AvgIpc) is 2.81. The third-order valence-corrected chi connectivity index (χ3v) is 4.81. The van der Waals surface area contributed by atoms with Gasteiger partial charge in [0.25, 0.3) is 0 Å². The Morgan fingerprint density at radius 1 is 1.32 bits per heavy atom. The average molecular weight is 331 g/mol. The van der Waals surface area contributed by atoms with E-state index in [4.69, 9.17) is 0 Å². The summed E-state index contributed by atoms with van der Waals surface area (Å²) in [4.78, 5) is 2.15. The zero-order valence-electron chi connectivity index (χ0n) is 10.6. The summed E-state index contributed by atoms with van der Waals surface area (Å²) in [5, 5.41) is 3.50. The molecule has 104 valence electrons. The van der Waals surface area contributed by atoms with Crippen molar-refractivity contribution in [3.05, 3.63) is 33.8 Å². The van der Waals surface area contributed by atoms with E-state index in [-0.39, 0.29) is 5.56 Å². The Morgan fingerprint density at radius 3 is 2.95 bits per heavy atom. The van der Waals surface area contributed by atoms with Crippen LogP contribution in [0.1, 0.15) is 18.4 Å². The number of hydrogen-bond donors (Lipinski definition) is 1. The molecule has 0 radical (unpaired) electrons. The molecule has 2 fully saturated rings. The molecular weight excluding hydrogens is 314 g/mol. The minimum Gasteiger partial charge on any atom is -0.312 e. The van der Waals surface area contributed by atoms with Crippen molar-refractivity contribution in [2.75, 3.05) is 19.6 Å². The van der Waals surface area contributed by atoms with Crippen molar-refractivity contribution in [2.24, 2.45) is 5.92 Å². The van der Waals surface area contributed by atoms with Crippen LogP contribution >= 0.6 is 15.9 Å². The number of hydrogen-bond acceptors (Lipinski definition) is 2. The summed E-state index contributed by atoms with van der Waals surface area (Å²) in [6.45, 7) is 3.24. The number of nitrogens with one attached hydrogen (secondary N) is 1. The molecule has 2 nitrogen and oxygen atoms in total. The van der Waals surface area contributed by atoms with Crippen LogP contribution in [0.15, 0.2) is 16.6 Å². The van der Waals surface area contributed by atoms with E-state index < -0.39 is 11.6 Å². The maximum Gasteiger partial charge on any atom is 0.144 e. The number of benzene rings is 1. The van der Waals surface area contributed by atoms with Crippen molar-refractivity contribution in [2.45, 2.75) is 25.4 Å². The number of fused-ring (bicyclic) bond motifs is 1. The Morgan fingerprint density at radius 2 is 2.16 bits per heavy atom. The van der Waals surface area contributed by atoms with Crippen LogP contribution in [0.25, 0.3) is 0 Å². The van der Waals surface area contributed by atoms with Gasteiger partial charge in [0, 0.05) is 31.2 Å². The predicted molar refractivity (Wildman–Crippen MR) is 73.8 cm³/mol. The first-order chi connectivity index (χ1) is 9.15. The number of rotatable bonds is 2. The first-order valence-corrected chi connectivity index (χ1v) is 7.52. The van der Waals surface area contributed by atoms with Crippen LogP contribution in [0, 0.1) is 17.6 Å². The molecule has 0 aliphatic carbocycles. The molecule has 2 heterocycles. The summed E-state index contributed by atoms with van der Waals surface area (Å²) in [6.07, 6.45) is 2.42. The fourth-order valence-electron chi connectivity index (χ4n) is 3.20. The van der Waals surface area contributed by atoms with Crippen LogP contribution in [0.3, 0.4) is 0 Å². The summed E-state index contributed by atoms with van der Waals surface area (Å²) in [5.41, 5.74) is 0.174. The Kier molecular flexibility index (Phi) is 3.87. The third-order valence-electron chi connectivity index (χ3n) is 4.20. The fraction of sp³-hybridized carbons (Fsp3) is 0.571. The van der Waals surface area contributed by atoms with E-state index in [1.54, 1.807) is 0 Å². The summed E-state index contributed by atoms with van der Waals surface area (Å²) in [6, 6.07) is 3.23. The largest absolute Gasteiger partial charge is 0.312 e. The highest BCUT2D eigenvalue weighted by molar-refractivity contribution is 9.10. The molecule has 2 atom stereocenters. The normalized spacial score (nSPS) is 27.5. The molecule has 1 N–H and O–H groups in total. The van der Waals surface area contributed by atoms with Gasteiger partial charge in [-0.05, 0) is 53.4 Å². The van der Waals surface area contributed by atoms with Gasteiger partial charge in [-0.25, -0.2) is 8.78 Å². The molecule has 0 bridgehead atoms. The molecule has 0 amide bonds. The summed E-state index contributed by atoms with van der Waals surface area (Å²) in [5.74, 6) is -0.293. The summed E-state index contributed by atoms with van der Waals surface area (Å²) < 4.78 is 28.0. The van der Waals surface area contributed by atoms with Gasteiger partial charge >= 0.3 is 0 Å². The van der Waals surface area contributed by atoms with Gasteiger partial charge in [-0.15, -0.1) is 0 Å². The van der Waals surface area contributed by atoms with Crippen molar-refractivity contribution < 1.29 is 8.78 Å². The Hall–Kier alpha value is -0.520. The van der Waals surface area contributed by atoms with Crippen molar-refractivity contribution in [3.63, 3.8) is 0 Å². The summed E-state index contributed by atoms with van der Waals surface area (Å²) >= 11 is 3.12. The molecule has 2 saturated heterocycles. The first kappa shape index (κ1) is 13.5. The number of nitrogens with zero attached hydrogens (tertiary/aromatic N) is 1. The predicted octanol–water partition coefficient (Wildman–Crippen LogP) is 2.91. The number of halogens is 3. The maximum absolute atomic E-state index is 14.0. The van der Waals surface area contributed by atoms with Gasteiger partial charge in [-0.1, -0.05) is 0 Å². The highest BCUT2D eigenvalue weighted by Gasteiger charge is 2.34. The maximum atomic E-state index is 14.0. The molecule has 5 heteroatoms. The smallest absolute Gasteiger partial charge is 0.144 e. The quantitative estimate of drug-likeness (QED) is 0.839. The zero-order chi connectivity index (χ0) is 13.4. The lowest BCUT2D eigenvalue weighted by atomic mass is 9.94. The van der Waals surface area contributed by atoms with Crippen LogP contribution in [-0.2, 0) is 6.54 Å². The highest BCUT2D eigenvalue weighted by Crippen LogP contribution is 2.28. The van der Waals surface area contributed by atoms with Crippen LogP contribution in [0.4, 0.5) is 8.78 Å². The van der Waals surface area contributed by atoms with Gasteiger partial charge in [0.15, 0.2) is 0 Å². The molecule has 0 saturated carbocycles. The monoisotopic (exact) mass is 330 g/mol. The van der Waals surface area contributed by atoms with Crippen molar-refractivity contribution >= 4 is 15.9 Å². The topological polar surface area (TPSA) is 15.3 Å². The number of likely N-dealkylation sites (tertiary alicyclic amines) is 1. The van der Waals surface area contributed by atoms with E-state index in [1.165, 1.54) is 25.0 Å². The lowest BCUT2D eigenvalue weighted by Gasteiger charge is -2.24. The zero-order valence-corrected chi connectivity index (χ0v) is 12.2. The van der Waals surface area contributed by atoms with Gasteiger partial charge in [-0.2, -0.15) is 0 Å². The second-order valence-electron chi connectivity index (χ2n) is 5.48. The SMILES string of the molecule is Fc1ccc(Br)c(F)c1CN1C[C@@H]2CCCN[C@@H]2C1. The lowest BCUT2D eigenvalue weighted by molar-refractivity contribution is 0.302. The Bertz CT molecular complexity index is 467. The molecule has 0 aromatic heterocycles. The molecule has 2 aliphatic heterocycles. The van der Waals surface area contributed by atoms with Crippen LogP contribution in [-0.4, -0.2) is 30.6 Å². The Balaban J connectivity index is 1.74. The molecule has 1 aromatic carbocycles. The van der Waals surface area contributed by atoms with E-state index >= 15 is 0 Å². The van der Waals surface area contributed by atoms with Crippen LogP contribution in [0.5, 0.6) is 0 Å². The van der Waals surface area contributed by atoms with Crippen molar-refractivity contribution in [1.29, 1.82) is 0 Å². The molecule has 2 aliphatic rings. The first-order valence-electron chi connectivity index (χ1n) is 6.73. The van der Waals surface area contributed by atoms with Crippen molar-refractivity contribution in [3.8, 4) is 0 Å². The van der Waals surface area contributed by atoms with E-state index in [0.717, 1.165) is 19.6 Å². The molecule has 0 spiro atoms. The standard InChI is InChI=1S/C14H17BrF2N2/c15-11-3-4-12(16)10(14(11)17)7-19-6-9-2-1-5-18-13(9)8-19/h3-4,9,13,18H,1-2,5-8H2/t9-,13+/m0/s1. The second kappa shape index (κ2) is 5.46. The lowest BCUT2D eigenvalue weighted by Crippen LogP contribution is -2.40. The van der Waals surface area contributed by atoms with E-state index in [9.17, 15) is 8.78 Å². The highest BCUT2D eigenvalue weighted by atomic mass is 79.9. The van der Waals surface area contributed by atoms with Crippen LogP contribution in [0.2, 0.25) is 0 Å². The molecule has 19 heavy (non-hydrogen) atoms. The Labute approximate surface area is 120 Å². The van der Waals surface area contributed by atoms with E-state index in [0.29, 0.717) is 23.0 Å². The van der Waals surface area contributed by atoms with Crippen LogP contribution < -0.4 is 5.32 Å². The molecule has 1 aromatic rings. The van der Waals surface area contributed by atoms with Gasteiger partial charge in [0.05, 0.1) is 4.47 Å². The van der Waals surface area contributed by atoms with Gasteiger partial charge < -0.3 is 5.32 Å². The van der Waals surface area contributed by atoms with Gasteiger partial charge in [0.1, 0.15) is 11.6 Å².